The number of nitrogens with zero attached hydrogens (tertiary/aromatic N) is 1. The predicted molar refractivity (Wildman–Crippen MR) is 123 cm³/mol. The Labute approximate surface area is 178 Å². The number of carbonyl (C=O) groups excluding carboxylic acids is 1. The summed E-state index contributed by atoms with van der Waals surface area (Å²) in [5.41, 5.74) is 2.64. The van der Waals surface area contributed by atoms with Gasteiger partial charge in [-0.3, -0.25) is 4.79 Å². The maximum absolute atomic E-state index is 11.8. The zero-order valence-electron chi connectivity index (χ0n) is 18.2. The fourth-order valence-corrected chi connectivity index (χ4v) is 2.83. The van der Waals surface area contributed by atoms with Gasteiger partial charge in [-0.2, -0.15) is 0 Å². The minimum Gasteiger partial charge on any atom is -0.493 e. The van der Waals surface area contributed by atoms with Gasteiger partial charge in [0.05, 0.1) is 20.3 Å². The van der Waals surface area contributed by atoms with Crippen LogP contribution in [-0.2, 0) is 11.3 Å². The van der Waals surface area contributed by atoms with Crippen molar-refractivity contribution in [1.29, 1.82) is 0 Å². The number of rotatable bonds is 10. The average molecular weight is 413 g/mol. The molecule has 2 aromatic carbocycles. The van der Waals surface area contributed by atoms with Gasteiger partial charge in [0, 0.05) is 30.4 Å². The summed E-state index contributed by atoms with van der Waals surface area (Å²) in [6.07, 6.45) is 1.34. The first kappa shape index (κ1) is 23.1. The van der Waals surface area contributed by atoms with Gasteiger partial charge in [0.15, 0.2) is 17.5 Å². The van der Waals surface area contributed by atoms with Gasteiger partial charge >= 0.3 is 0 Å². The van der Waals surface area contributed by atoms with E-state index in [1.165, 1.54) is 0 Å². The molecule has 3 N–H and O–H groups in total. The fraction of sp³-hybridized carbons (Fsp3) is 0.391. The molecule has 0 aliphatic rings. The van der Waals surface area contributed by atoms with Gasteiger partial charge in [-0.05, 0) is 50.1 Å². The molecular formula is C23H32N4O3. The number of carbonyl (C=O) groups is 1. The standard InChI is InChI=1S/C23H32N4O3/c1-5-9-22(28)26-18-11-8-10-17(14-18)16-25-23(24-6-2)27-19-12-13-20(29-4)21(15-19)30-7-3/h8,10-15H,5-7,9,16H2,1-4H3,(H,26,28)(H2,24,25,27). The number of hydrogen-bond donors (Lipinski definition) is 3. The molecular weight excluding hydrogens is 380 g/mol. The number of guanidine groups is 1. The lowest BCUT2D eigenvalue weighted by Gasteiger charge is -2.14. The lowest BCUT2D eigenvalue weighted by atomic mass is 10.2. The summed E-state index contributed by atoms with van der Waals surface area (Å²) in [5, 5.41) is 9.46. The van der Waals surface area contributed by atoms with E-state index in [4.69, 9.17) is 9.47 Å². The monoisotopic (exact) mass is 412 g/mol. The average Bonchev–Trinajstić information content (AvgIpc) is 2.73. The van der Waals surface area contributed by atoms with E-state index in [9.17, 15) is 4.79 Å². The zero-order valence-corrected chi connectivity index (χ0v) is 18.2. The molecule has 7 heteroatoms. The van der Waals surface area contributed by atoms with Gasteiger partial charge < -0.3 is 25.4 Å². The highest BCUT2D eigenvalue weighted by Crippen LogP contribution is 2.30. The van der Waals surface area contributed by atoms with Gasteiger partial charge in [0.25, 0.3) is 0 Å². The number of aliphatic imine (C=N–C) groups is 1. The van der Waals surface area contributed by atoms with E-state index in [0.29, 0.717) is 37.0 Å². The SMILES string of the molecule is CCCC(=O)Nc1cccc(CN=C(NCC)Nc2ccc(OC)c(OCC)c2)c1. The van der Waals surface area contributed by atoms with Crippen molar-refractivity contribution in [1.82, 2.24) is 5.32 Å². The van der Waals surface area contributed by atoms with Crippen molar-refractivity contribution < 1.29 is 14.3 Å². The first-order valence-corrected chi connectivity index (χ1v) is 10.3. The number of hydrogen-bond acceptors (Lipinski definition) is 4. The topological polar surface area (TPSA) is 84.0 Å². The Hall–Kier alpha value is -3.22. The molecule has 0 aliphatic heterocycles. The van der Waals surface area contributed by atoms with E-state index in [1.54, 1.807) is 7.11 Å². The van der Waals surface area contributed by atoms with E-state index < -0.39 is 0 Å². The van der Waals surface area contributed by atoms with Gasteiger partial charge in [-0.1, -0.05) is 19.1 Å². The minimum atomic E-state index is 0.0257. The molecule has 0 heterocycles. The summed E-state index contributed by atoms with van der Waals surface area (Å²) in [6, 6.07) is 13.4. The minimum absolute atomic E-state index is 0.0257. The Morgan fingerprint density at radius 1 is 1.00 bits per heavy atom. The quantitative estimate of drug-likeness (QED) is 0.398. The van der Waals surface area contributed by atoms with Crippen molar-refractivity contribution in [3.63, 3.8) is 0 Å². The highest BCUT2D eigenvalue weighted by atomic mass is 16.5. The van der Waals surface area contributed by atoms with Crippen molar-refractivity contribution >= 4 is 23.2 Å². The van der Waals surface area contributed by atoms with Crippen LogP contribution in [0.5, 0.6) is 11.5 Å². The molecule has 162 valence electrons. The van der Waals surface area contributed by atoms with Crippen LogP contribution >= 0.6 is 0 Å². The highest BCUT2D eigenvalue weighted by Gasteiger charge is 2.07. The van der Waals surface area contributed by atoms with Crippen molar-refractivity contribution in [3.8, 4) is 11.5 Å². The smallest absolute Gasteiger partial charge is 0.224 e. The molecule has 2 rings (SSSR count). The molecule has 0 saturated heterocycles. The van der Waals surface area contributed by atoms with E-state index in [1.807, 2.05) is 63.2 Å². The second kappa shape index (κ2) is 12.4. The van der Waals surface area contributed by atoms with Crippen molar-refractivity contribution in [3.05, 3.63) is 48.0 Å². The number of amides is 1. The molecule has 0 radical (unpaired) electrons. The molecule has 0 bridgehead atoms. The molecule has 7 nitrogen and oxygen atoms in total. The Balaban J connectivity index is 2.11. The summed E-state index contributed by atoms with van der Waals surface area (Å²) in [6.45, 7) is 7.69. The second-order valence-corrected chi connectivity index (χ2v) is 6.62. The molecule has 0 fully saturated rings. The van der Waals surface area contributed by atoms with Gasteiger partial charge in [-0.15, -0.1) is 0 Å². The summed E-state index contributed by atoms with van der Waals surface area (Å²) in [7, 11) is 1.62. The van der Waals surface area contributed by atoms with Crippen LogP contribution in [0.15, 0.2) is 47.5 Å². The zero-order chi connectivity index (χ0) is 21.8. The van der Waals surface area contributed by atoms with Crippen LogP contribution < -0.4 is 25.4 Å². The lowest BCUT2D eigenvalue weighted by molar-refractivity contribution is -0.116. The Morgan fingerprint density at radius 2 is 1.80 bits per heavy atom. The third-order valence-electron chi connectivity index (χ3n) is 4.18. The Bertz CT molecular complexity index is 852. The van der Waals surface area contributed by atoms with Crippen LogP contribution in [0, 0.1) is 0 Å². The molecule has 0 atom stereocenters. The van der Waals surface area contributed by atoms with E-state index >= 15 is 0 Å². The molecule has 1 amide bonds. The maximum atomic E-state index is 11.8. The first-order valence-electron chi connectivity index (χ1n) is 10.3. The number of benzene rings is 2. The van der Waals surface area contributed by atoms with E-state index in [-0.39, 0.29) is 5.91 Å². The van der Waals surface area contributed by atoms with Gasteiger partial charge in [0.2, 0.25) is 5.91 Å². The molecule has 30 heavy (non-hydrogen) atoms. The van der Waals surface area contributed by atoms with Crippen LogP contribution in [0.1, 0.15) is 39.2 Å². The molecule has 0 unspecified atom stereocenters. The van der Waals surface area contributed by atoms with Gasteiger partial charge in [0.1, 0.15) is 0 Å². The molecule has 0 saturated carbocycles. The highest BCUT2D eigenvalue weighted by molar-refractivity contribution is 5.94. The van der Waals surface area contributed by atoms with Crippen LogP contribution in [-0.4, -0.2) is 32.1 Å². The van der Waals surface area contributed by atoms with Crippen LogP contribution in [0.4, 0.5) is 11.4 Å². The van der Waals surface area contributed by atoms with Crippen LogP contribution in [0.2, 0.25) is 0 Å². The second-order valence-electron chi connectivity index (χ2n) is 6.62. The van der Waals surface area contributed by atoms with Crippen molar-refractivity contribution in [2.75, 3.05) is 30.9 Å². The number of anilines is 2. The Kier molecular flexibility index (Phi) is 9.51. The summed E-state index contributed by atoms with van der Waals surface area (Å²) in [5.74, 6) is 2.05. The Morgan fingerprint density at radius 3 is 2.50 bits per heavy atom. The maximum Gasteiger partial charge on any atom is 0.224 e. The summed E-state index contributed by atoms with van der Waals surface area (Å²) >= 11 is 0. The first-order chi connectivity index (χ1) is 14.6. The van der Waals surface area contributed by atoms with Gasteiger partial charge in [-0.25, -0.2) is 4.99 Å². The van der Waals surface area contributed by atoms with E-state index in [2.05, 4.69) is 20.9 Å². The molecule has 2 aromatic rings. The number of ether oxygens (including phenoxy) is 2. The number of nitrogens with one attached hydrogen (secondary N) is 3. The third-order valence-corrected chi connectivity index (χ3v) is 4.18. The summed E-state index contributed by atoms with van der Waals surface area (Å²) in [4.78, 5) is 16.5. The van der Waals surface area contributed by atoms with Crippen molar-refractivity contribution in [2.45, 2.75) is 40.2 Å². The van der Waals surface area contributed by atoms with Crippen LogP contribution in [0.3, 0.4) is 0 Å². The molecule has 0 aliphatic carbocycles. The van der Waals surface area contributed by atoms with E-state index in [0.717, 1.165) is 29.9 Å². The lowest BCUT2D eigenvalue weighted by Crippen LogP contribution is -2.30. The van der Waals surface area contributed by atoms with Crippen molar-refractivity contribution in [2.24, 2.45) is 4.99 Å². The largest absolute Gasteiger partial charge is 0.493 e. The molecule has 0 spiro atoms. The normalized spacial score (nSPS) is 11.0. The van der Waals surface area contributed by atoms with Crippen LogP contribution in [0.25, 0.3) is 0 Å². The fourth-order valence-electron chi connectivity index (χ4n) is 2.83. The molecule has 0 aromatic heterocycles. The third kappa shape index (κ3) is 7.31. The number of methoxy groups -OCH3 is 1. The summed E-state index contributed by atoms with van der Waals surface area (Å²) < 4.78 is 11.0. The predicted octanol–water partition coefficient (Wildman–Crippen LogP) is 4.41.